The van der Waals surface area contributed by atoms with Crippen molar-refractivity contribution in [3.05, 3.63) is 29.3 Å². The van der Waals surface area contributed by atoms with E-state index >= 15 is 0 Å². The highest BCUT2D eigenvalue weighted by atomic mass is 32.1. The number of hydrogen-bond acceptors (Lipinski definition) is 4. The maximum Gasteiger partial charge on any atom is 0.234 e. The zero-order valence-corrected chi connectivity index (χ0v) is 14.7. The summed E-state index contributed by atoms with van der Waals surface area (Å²) in [6.45, 7) is 6.63. The second-order valence-electron chi connectivity index (χ2n) is 6.45. The van der Waals surface area contributed by atoms with Gasteiger partial charge in [-0.3, -0.25) is 9.69 Å². The van der Waals surface area contributed by atoms with Gasteiger partial charge in [-0.2, -0.15) is 0 Å². The smallest absolute Gasteiger partial charge is 0.234 e. The van der Waals surface area contributed by atoms with Crippen LogP contribution in [0.15, 0.2) is 24.3 Å². The van der Waals surface area contributed by atoms with Gasteiger partial charge in [-0.25, -0.2) is 4.98 Å². The van der Waals surface area contributed by atoms with Gasteiger partial charge in [-0.15, -0.1) is 11.3 Å². The molecule has 124 valence electrons. The molecule has 1 N–H and O–H groups in total. The first-order valence-electron chi connectivity index (χ1n) is 8.53. The van der Waals surface area contributed by atoms with E-state index < -0.39 is 0 Å². The fraction of sp³-hybridized carbons (Fsp3) is 0.556. The molecule has 0 aliphatic carbocycles. The van der Waals surface area contributed by atoms with Gasteiger partial charge in [0.1, 0.15) is 0 Å². The van der Waals surface area contributed by atoms with Crippen molar-refractivity contribution in [1.82, 2.24) is 15.2 Å². The third-order valence-electron chi connectivity index (χ3n) is 4.63. The van der Waals surface area contributed by atoms with Gasteiger partial charge >= 0.3 is 0 Å². The number of rotatable bonds is 5. The Morgan fingerprint density at radius 3 is 2.83 bits per heavy atom. The molecule has 3 rings (SSSR count). The first kappa shape index (κ1) is 16.4. The number of para-hydroxylation sites is 1. The molecular formula is C18H25N3OS. The molecule has 1 saturated heterocycles. The molecule has 0 spiro atoms. The third-order valence-corrected chi connectivity index (χ3v) is 5.83. The van der Waals surface area contributed by atoms with Crippen LogP contribution in [-0.4, -0.2) is 41.5 Å². The lowest BCUT2D eigenvalue weighted by molar-refractivity contribution is -0.123. The summed E-state index contributed by atoms with van der Waals surface area (Å²) in [6, 6.07) is 8.62. The van der Waals surface area contributed by atoms with Crippen molar-refractivity contribution >= 4 is 27.5 Å². The fourth-order valence-electron chi connectivity index (χ4n) is 3.03. The Bertz CT molecular complexity index is 628. The van der Waals surface area contributed by atoms with Crippen molar-refractivity contribution in [3.8, 4) is 0 Å². The molecule has 1 atom stereocenters. The van der Waals surface area contributed by atoms with E-state index in [1.54, 1.807) is 0 Å². The molecule has 1 aromatic heterocycles. The van der Waals surface area contributed by atoms with Crippen molar-refractivity contribution < 1.29 is 4.79 Å². The van der Waals surface area contributed by atoms with E-state index in [4.69, 9.17) is 4.98 Å². The average molecular weight is 331 g/mol. The highest BCUT2D eigenvalue weighted by Crippen LogP contribution is 2.33. The number of thiazole rings is 1. The summed E-state index contributed by atoms with van der Waals surface area (Å²) in [4.78, 5) is 19.0. The molecule has 0 bridgehead atoms. The SMILES string of the molecule is CC[C@@H](C)NC(=O)CN1CCC(c2nc3ccccc3s2)CC1. The molecule has 1 amide bonds. The van der Waals surface area contributed by atoms with Crippen molar-refractivity contribution in [2.75, 3.05) is 19.6 Å². The number of nitrogens with zero attached hydrogens (tertiary/aromatic N) is 2. The van der Waals surface area contributed by atoms with E-state index in [-0.39, 0.29) is 11.9 Å². The van der Waals surface area contributed by atoms with Crippen molar-refractivity contribution in [2.45, 2.75) is 45.1 Å². The number of carbonyl (C=O) groups is 1. The molecule has 2 aromatic rings. The minimum atomic E-state index is 0.151. The fourth-order valence-corrected chi connectivity index (χ4v) is 4.16. The number of fused-ring (bicyclic) bond motifs is 1. The quantitative estimate of drug-likeness (QED) is 0.913. The van der Waals surface area contributed by atoms with E-state index in [0.717, 1.165) is 37.9 Å². The second kappa shape index (κ2) is 7.41. The van der Waals surface area contributed by atoms with Gasteiger partial charge in [0.2, 0.25) is 5.91 Å². The summed E-state index contributed by atoms with van der Waals surface area (Å²) in [7, 11) is 0. The predicted molar refractivity (Wildman–Crippen MR) is 95.9 cm³/mol. The van der Waals surface area contributed by atoms with Crippen LogP contribution >= 0.6 is 11.3 Å². The van der Waals surface area contributed by atoms with Crippen LogP contribution in [0, 0.1) is 0 Å². The molecular weight excluding hydrogens is 306 g/mol. The zero-order chi connectivity index (χ0) is 16.2. The van der Waals surface area contributed by atoms with Gasteiger partial charge < -0.3 is 5.32 Å². The maximum atomic E-state index is 12.0. The number of benzene rings is 1. The summed E-state index contributed by atoms with van der Waals surface area (Å²) in [5, 5.41) is 4.31. The number of nitrogens with one attached hydrogen (secondary N) is 1. The van der Waals surface area contributed by atoms with Gasteiger partial charge in [-0.05, 0) is 51.4 Å². The zero-order valence-electron chi connectivity index (χ0n) is 13.9. The Morgan fingerprint density at radius 1 is 1.39 bits per heavy atom. The molecule has 23 heavy (non-hydrogen) atoms. The second-order valence-corrected chi connectivity index (χ2v) is 7.51. The van der Waals surface area contributed by atoms with E-state index in [2.05, 4.69) is 42.3 Å². The summed E-state index contributed by atoms with van der Waals surface area (Å²) < 4.78 is 1.28. The van der Waals surface area contributed by atoms with Gasteiger partial charge in [-0.1, -0.05) is 19.1 Å². The number of aromatic nitrogens is 1. The number of amides is 1. The minimum absolute atomic E-state index is 0.151. The standard InChI is InChI=1S/C18H25N3OS/c1-3-13(2)19-17(22)12-21-10-8-14(9-11-21)18-20-15-6-4-5-7-16(15)23-18/h4-7,13-14H,3,8-12H2,1-2H3,(H,19,22)/t13-/m1/s1. The molecule has 1 aromatic carbocycles. The highest BCUT2D eigenvalue weighted by molar-refractivity contribution is 7.18. The number of hydrogen-bond donors (Lipinski definition) is 1. The largest absolute Gasteiger partial charge is 0.353 e. The topological polar surface area (TPSA) is 45.2 Å². The maximum absolute atomic E-state index is 12.0. The van der Waals surface area contributed by atoms with E-state index in [1.807, 2.05) is 17.4 Å². The van der Waals surface area contributed by atoms with Crippen molar-refractivity contribution in [2.24, 2.45) is 0 Å². The lowest BCUT2D eigenvalue weighted by atomic mass is 9.97. The van der Waals surface area contributed by atoms with Gasteiger partial charge in [0.15, 0.2) is 0 Å². The molecule has 2 heterocycles. The number of likely N-dealkylation sites (tertiary alicyclic amines) is 1. The molecule has 1 aliphatic rings. The van der Waals surface area contributed by atoms with Gasteiger partial charge in [0, 0.05) is 12.0 Å². The molecule has 4 nitrogen and oxygen atoms in total. The molecule has 5 heteroatoms. The van der Waals surface area contributed by atoms with Crippen molar-refractivity contribution in [3.63, 3.8) is 0 Å². The first-order valence-corrected chi connectivity index (χ1v) is 9.34. The Balaban J connectivity index is 1.53. The minimum Gasteiger partial charge on any atom is -0.353 e. The predicted octanol–water partition coefficient (Wildman–Crippen LogP) is 3.39. The third kappa shape index (κ3) is 4.09. The summed E-state index contributed by atoms with van der Waals surface area (Å²) >= 11 is 1.82. The van der Waals surface area contributed by atoms with Crippen LogP contribution < -0.4 is 5.32 Å². The van der Waals surface area contributed by atoms with Crippen LogP contribution in [0.2, 0.25) is 0 Å². The van der Waals surface area contributed by atoms with Crippen LogP contribution in [0.1, 0.15) is 44.0 Å². The molecule has 0 radical (unpaired) electrons. The molecule has 0 saturated carbocycles. The van der Waals surface area contributed by atoms with E-state index in [1.165, 1.54) is 9.71 Å². The van der Waals surface area contributed by atoms with Crippen molar-refractivity contribution in [1.29, 1.82) is 0 Å². The van der Waals surface area contributed by atoms with Crippen LogP contribution in [0.25, 0.3) is 10.2 Å². The Labute approximate surface area is 141 Å². The first-order chi connectivity index (χ1) is 11.2. The van der Waals surface area contributed by atoms with Crippen LogP contribution in [0.5, 0.6) is 0 Å². The molecule has 1 fully saturated rings. The van der Waals surface area contributed by atoms with Crippen LogP contribution in [-0.2, 0) is 4.79 Å². The summed E-state index contributed by atoms with van der Waals surface area (Å²) in [6.07, 6.45) is 3.16. The Morgan fingerprint density at radius 2 is 2.13 bits per heavy atom. The Kier molecular flexibility index (Phi) is 5.28. The number of carbonyl (C=O) groups excluding carboxylic acids is 1. The monoisotopic (exact) mass is 331 g/mol. The lowest BCUT2D eigenvalue weighted by Crippen LogP contribution is -2.43. The normalized spacial score (nSPS) is 18.2. The molecule has 0 unspecified atom stereocenters. The Hall–Kier alpha value is -1.46. The number of piperidine rings is 1. The lowest BCUT2D eigenvalue weighted by Gasteiger charge is -2.30. The summed E-state index contributed by atoms with van der Waals surface area (Å²) in [5.41, 5.74) is 1.11. The van der Waals surface area contributed by atoms with E-state index in [0.29, 0.717) is 12.5 Å². The van der Waals surface area contributed by atoms with Gasteiger partial charge in [0.25, 0.3) is 0 Å². The highest BCUT2D eigenvalue weighted by Gasteiger charge is 2.24. The summed E-state index contributed by atoms with van der Waals surface area (Å²) in [5.74, 6) is 0.694. The average Bonchev–Trinajstić information content (AvgIpc) is 2.99. The van der Waals surface area contributed by atoms with Crippen LogP contribution in [0.3, 0.4) is 0 Å². The van der Waals surface area contributed by atoms with Gasteiger partial charge in [0.05, 0.1) is 21.8 Å². The van der Waals surface area contributed by atoms with E-state index in [9.17, 15) is 4.79 Å². The van der Waals surface area contributed by atoms with Crippen LogP contribution in [0.4, 0.5) is 0 Å². The molecule has 1 aliphatic heterocycles.